The number of hydrogen-bond donors (Lipinski definition) is 1. The van der Waals surface area contributed by atoms with Gasteiger partial charge in [-0.05, 0) is 18.8 Å². The van der Waals surface area contributed by atoms with Crippen LogP contribution in [0.3, 0.4) is 0 Å². The third-order valence-corrected chi connectivity index (χ3v) is 4.37. The quantitative estimate of drug-likeness (QED) is 0.674. The average Bonchev–Trinajstić information content (AvgIpc) is 2.47. The van der Waals surface area contributed by atoms with Gasteiger partial charge in [0.2, 0.25) is 5.91 Å². The van der Waals surface area contributed by atoms with Crippen LogP contribution in [0.1, 0.15) is 19.3 Å². The van der Waals surface area contributed by atoms with Crippen molar-refractivity contribution in [2.75, 3.05) is 39.4 Å². The second kappa shape index (κ2) is 5.36. The summed E-state index contributed by atoms with van der Waals surface area (Å²) >= 11 is 0. The second-order valence-electron chi connectivity index (χ2n) is 5.59. The van der Waals surface area contributed by atoms with Gasteiger partial charge >= 0.3 is 6.03 Å². The zero-order chi connectivity index (χ0) is 13.2. The molecule has 0 radical (unpaired) electrons. The zero-order valence-corrected chi connectivity index (χ0v) is 11.1. The summed E-state index contributed by atoms with van der Waals surface area (Å²) in [5.74, 6) is 0.589. The predicted molar refractivity (Wildman–Crippen MR) is 68.6 cm³/mol. The molecule has 3 aliphatic heterocycles. The lowest BCUT2D eigenvalue weighted by atomic mass is 9.85. The van der Waals surface area contributed by atoms with Crippen molar-refractivity contribution < 1.29 is 14.3 Å². The first kappa shape index (κ1) is 12.7. The smallest absolute Gasteiger partial charge is 0.320 e. The van der Waals surface area contributed by atoms with E-state index in [-0.39, 0.29) is 18.0 Å². The van der Waals surface area contributed by atoms with Crippen LogP contribution >= 0.6 is 0 Å². The normalized spacial score (nSPS) is 31.7. The van der Waals surface area contributed by atoms with Crippen molar-refractivity contribution in [1.29, 1.82) is 0 Å². The summed E-state index contributed by atoms with van der Waals surface area (Å²) in [7, 11) is 0. The minimum atomic E-state index is 0.138. The van der Waals surface area contributed by atoms with Crippen molar-refractivity contribution in [2.45, 2.75) is 25.3 Å². The Balaban J connectivity index is 1.58. The monoisotopic (exact) mass is 267 g/mol. The summed E-state index contributed by atoms with van der Waals surface area (Å²) < 4.78 is 5.27. The highest BCUT2D eigenvalue weighted by Gasteiger charge is 2.36. The number of likely N-dealkylation sites (tertiary alicyclic amines) is 1. The first-order chi connectivity index (χ1) is 9.24. The highest BCUT2D eigenvalue weighted by molar-refractivity contribution is 5.77. The molecule has 0 aromatic heterocycles. The Morgan fingerprint density at radius 3 is 2.74 bits per heavy atom. The van der Waals surface area contributed by atoms with Crippen molar-refractivity contribution >= 4 is 11.9 Å². The van der Waals surface area contributed by atoms with Gasteiger partial charge in [-0.15, -0.1) is 0 Å². The molecule has 0 bridgehead atoms. The van der Waals surface area contributed by atoms with Crippen molar-refractivity contribution in [3.05, 3.63) is 0 Å². The van der Waals surface area contributed by atoms with E-state index in [0.717, 1.165) is 25.9 Å². The van der Waals surface area contributed by atoms with Gasteiger partial charge in [0.1, 0.15) is 0 Å². The molecule has 6 heteroatoms. The van der Waals surface area contributed by atoms with Crippen molar-refractivity contribution in [3.63, 3.8) is 0 Å². The lowest BCUT2D eigenvalue weighted by molar-refractivity contribution is -0.125. The average molecular weight is 267 g/mol. The summed E-state index contributed by atoms with van der Waals surface area (Å²) in [5, 5.41) is 3.05. The Labute approximate surface area is 113 Å². The number of carbonyl (C=O) groups excluding carboxylic acids is 2. The molecular formula is C13H21N3O3. The minimum Gasteiger partial charge on any atom is -0.378 e. The highest BCUT2D eigenvalue weighted by atomic mass is 16.5. The number of rotatable bonds is 0. The molecule has 0 aromatic rings. The fourth-order valence-electron chi connectivity index (χ4n) is 3.24. The Kier molecular flexibility index (Phi) is 3.59. The van der Waals surface area contributed by atoms with E-state index in [0.29, 0.717) is 38.6 Å². The van der Waals surface area contributed by atoms with Gasteiger partial charge in [0.25, 0.3) is 0 Å². The van der Waals surface area contributed by atoms with Crippen LogP contribution in [0.25, 0.3) is 0 Å². The minimum absolute atomic E-state index is 0.138. The van der Waals surface area contributed by atoms with E-state index < -0.39 is 0 Å². The van der Waals surface area contributed by atoms with E-state index in [1.165, 1.54) is 0 Å². The Morgan fingerprint density at radius 2 is 1.95 bits per heavy atom. The lowest BCUT2D eigenvalue weighted by Gasteiger charge is -2.43. The molecule has 0 aromatic carbocycles. The van der Waals surface area contributed by atoms with Crippen LogP contribution in [-0.4, -0.2) is 67.2 Å². The second-order valence-corrected chi connectivity index (χ2v) is 5.59. The number of carbonyl (C=O) groups is 2. The summed E-state index contributed by atoms with van der Waals surface area (Å²) in [6.45, 7) is 4.20. The first-order valence-corrected chi connectivity index (χ1v) is 7.15. The number of hydrogen-bond acceptors (Lipinski definition) is 3. The lowest BCUT2D eigenvalue weighted by Crippen LogP contribution is -2.58. The molecular weight excluding hydrogens is 246 g/mol. The number of amides is 3. The number of nitrogens with one attached hydrogen (secondary N) is 1. The number of ether oxygens (including phenoxy) is 1. The Bertz CT molecular complexity index is 368. The molecule has 3 saturated heterocycles. The third kappa shape index (κ3) is 2.68. The molecule has 0 aliphatic carbocycles. The SMILES string of the molecule is O=C1CCC2CN(C(=O)N3CCOCC3)CCC2N1. The molecule has 0 spiro atoms. The molecule has 3 fully saturated rings. The largest absolute Gasteiger partial charge is 0.378 e. The van der Waals surface area contributed by atoms with Gasteiger partial charge in [-0.25, -0.2) is 4.79 Å². The number of nitrogens with zero attached hydrogens (tertiary/aromatic N) is 2. The third-order valence-electron chi connectivity index (χ3n) is 4.37. The molecule has 2 atom stereocenters. The van der Waals surface area contributed by atoms with E-state index in [1.54, 1.807) is 0 Å². The molecule has 3 rings (SSSR count). The molecule has 19 heavy (non-hydrogen) atoms. The summed E-state index contributed by atoms with van der Waals surface area (Å²) in [6.07, 6.45) is 2.39. The topological polar surface area (TPSA) is 61.9 Å². The van der Waals surface area contributed by atoms with Crippen molar-refractivity contribution in [1.82, 2.24) is 15.1 Å². The van der Waals surface area contributed by atoms with Crippen LogP contribution in [0.5, 0.6) is 0 Å². The number of morpholine rings is 1. The van der Waals surface area contributed by atoms with Crippen LogP contribution in [-0.2, 0) is 9.53 Å². The summed E-state index contributed by atoms with van der Waals surface area (Å²) in [6, 6.07) is 0.411. The van der Waals surface area contributed by atoms with Crippen LogP contribution < -0.4 is 5.32 Å². The van der Waals surface area contributed by atoms with Gasteiger partial charge in [0.05, 0.1) is 13.2 Å². The fraction of sp³-hybridized carbons (Fsp3) is 0.846. The number of fused-ring (bicyclic) bond motifs is 1. The van der Waals surface area contributed by atoms with Gasteiger partial charge in [0, 0.05) is 38.6 Å². The molecule has 106 valence electrons. The van der Waals surface area contributed by atoms with Crippen LogP contribution in [0, 0.1) is 5.92 Å². The first-order valence-electron chi connectivity index (χ1n) is 7.15. The van der Waals surface area contributed by atoms with Crippen LogP contribution in [0.2, 0.25) is 0 Å². The molecule has 3 aliphatic rings. The number of piperidine rings is 2. The van der Waals surface area contributed by atoms with E-state index in [4.69, 9.17) is 4.74 Å². The molecule has 6 nitrogen and oxygen atoms in total. The Hall–Kier alpha value is -1.30. The standard InChI is InChI=1S/C13H21N3O3/c17-12-2-1-10-9-16(4-3-11(10)14-12)13(18)15-5-7-19-8-6-15/h10-11H,1-9H2,(H,14,17). The van der Waals surface area contributed by atoms with Gasteiger partial charge in [-0.1, -0.05) is 0 Å². The highest BCUT2D eigenvalue weighted by Crippen LogP contribution is 2.26. The predicted octanol–water partition coefficient (Wildman–Crippen LogP) is 0.0391. The Morgan fingerprint density at radius 1 is 1.16 bits per heavy atom. The molecule has 1 N–H and O–H groups in total. The molecule has 3 heterocycles. The zero-order valence-electron chi connectivity index (χ0n) is 11.1. The molecule has 3 amide bonds. The van der Waals surface area contributed by atoms with Crippen LogP contribution in [0.4, 0.5) is 4.79 Å². The maximum absolute atomic E-state index is 12.4. The van der Waals surface area contributed by atoms with Crippen LogP contribution in [0.15, 0.2) is 0 Å². The fourth-order valence-corrected chi connectivity index (χ4v) is 3.24. The van der Waals surface area contributed by atoms with E-state index in [9.17, 15) is 9.59 Å². The molecule has 0 saturated carbocycles. The maximum Gasteiger partial charge on any atom is 0.320 e. The summed E-state index contributed by atoms with van der Waals surface area (Å²) in [4.78, 5) is 27.6. The van der Waals surface area contributed by atoms with E-state index >= 15 is 0 Å². The van der Waals surface area contributed by atoms with E-state index in [1.807, 2.05) is 9.80 Å². The van der Waals surface area contributed by atoms with E-state index in [2.05, 4.69) is 5.32 Å². The van der Waals surface area contributed by atoms with Gasteiger partial charge in [-0.2, -0.15) is 0 Å². The van der Waals surface area contributed by atoms with Crippen molar-refractivity contribution in [2.24, 2.45) is 5.92 Å². The van der Waals surface area contributed by atoms with Gasteiger partial charge in [-0.3, -0.25) is 4.79 Å². The van der Waals surface area contributed by atoms with Gasteiger partial charge < -0.3 is 19.9 Å². The maximum atomic E-state index is 12.4. The van der Waals surface area contributed by atoms with Crippen molar-refractivity contribution in [3.8, 4) is 0 Å². The molecule has 2 unspecified atom stereocenters. The number of urea groups is 1. The van der Waals surface area contributed by atoms with Gasteiger partial charge in [0.15, 0.2) is 0 Å². The summed E-state index contributed by atoms with van der Waals surface area (Å²) in [5.41, 5.74) is 0.